The fraction of sp³-hybridized carbons (Fsp3) is 0.407. The fourth-order valence-corrected chi connectivity index (χ4v) is 5.69. The molecule has 9 heteroatoms. The molecule has 0 radical (unpaired) electrons. The van der Waals surface area contributed by atoms with Gasteiger partial charge in [0.2, 0.25) is 0 Å². The Morgan fingerprint density at radius 2 is 1.67 bits per heavy atom. The van der Waals surface area contributed by atoms with Gasteiger partial charge in [0.05, 0.1) is 11.1 Å². The summed E-state index contributed by atoms with van der Waals surface area (Å²) < 4.78 is 0. The van der Waals surface area contributed by atoms with Crippen LogP contribution >= 0.6 is 0 Å². The highest BCUT2D eigenvalue weighted by molar-refractivity contribution is 6.10. The maximum absolute atomic E-state index is 13.5. The zero-order chi connectivity index (χ0) is 24.8. The van der Waals surface area contributed by atoms with Crippen molar-refractivity contribution >= 4 is 28.5 Å². The summed E-state index contributed by atoms with van der Waals surface area (Å²) >= 11 is 0. The van der Waals surface area contributed by atoms with E-state index in [9.17, 15) is 19.5 Å². The number of H-pyrrole nitrogens is 1. The Morgan fingerprint density at radius 3 is 2.44 bits per heavy atom. The molecule has 3 N–H and O–H groups in total. The lowest BCUT2D eigenvalue weighted by atomic mass is 9.97. The molecule has 0 spiro atoms. The van der Waals surface area contributed by atoms with Crippen LogP contribution in [0.1, 0.15) is 68.0 Å². The first-order valence-corrected chi connectivity index (χ1v) is 12.7. The lowest BCUT2D eigenvalue weighted by Crippen LogP contribution is -2.46. The maximum Gasteiger partial charge on any atom is 0.258 e. The van der Waals surface area contributed by atoms with Crippen molar-refractivity contribution in [2.24, 2.45) is 5.92 Å². The molecule has 186 valence electrons. The minimum Gasteiger partial charge on any atom is -0.507 e. The number of aromatic amines is 1. The van der Waals surface area contributed by atoms with Crippen LogP contribution in [0.5, 0.6) is 5.75 Å². The summed E-state index contributed by atoms with van der Waals surface area (Å²) in [6, 6.07) is 8.67. The predicted octanol–water partition coefficient (Wildman–Crippen LogP) is 2.84. The molecule has 2 aromatic carbocycles. The number of phenolic OH excluding ortho intramolecular Hbond substituents is 1. The smallest absolute Gasteiger partial charge is 0.258 e. The van der Waals surface area contributed by atoms with E-state index in [-0.39, 0.29) is 34.8 Å². The van der Waals surface area contributed by atoms with E-state index in [0.29, 0.717) is 48.3 Å². The van der Waals surface area contributed by atoms with Crippen LogP contribution in [0.15, 0.2) is 30.3 Å². The Kier molecular flexibility index (Phi) is 5.72. The van der Waals surface area contributed by atoms with Crippen molar-refractivity contribution < 1.29 is 19.5 Å². The summed E-state index contributed by atoms with van der Waals surface area (Å²) in [5.41, 5.74) is 3.57. The standard InChI is InChI=1S/C27H29N5O4/c33-23-13-22-20(24(30-29-22)25(34)16-3-1-2-4-16)12-21(23)27(36)32-14-18-6-5-17(11-19(18)15-32)26(35)31-9-7-28-8-10-31/h5-6,11-13,16,28,33H,1-4,7-10,14-15H2,(H,29,30). The van der Waals surface area contributed by atoms with Crippen molar-refractivity contribution in [1.29, 1.82) is 0 Å². The average molecular weight is 488 g/mol. The number of piperazine rings is 1. The summed E-state index contributed by atoms with van der Waals surface area (Å²) in [5.74, 6) is -0.497. The molecule has 0 unspecified atom stereocenters. The number of nitrogens with zero attached hydrogens (tertiary/aromatic N) is 3. The van der Waals surface area contributed by atoms with Gasteiger partial charge in [-0.25, -0.2) is 0 Å². The Hall–Kier alpha value is -3.72. The quantitative estimate of drug-likeness (QED) is 0.487. The van der Waals surface area contributed by atoms with Gasteiger partial charge >= 0.3 is 0 Å². The average Bonchev–Trinajstić information content (AvgIpc) is 3.66. The molecule has 3 heterocycles. The number of phenols is 1. The van der Waals surface area contributed by atoms with Gasteiger partial charge in [-0.2, -0.15) is 5.10 Å². The number of Topliss-reactive ketones (excluding diaryl/α,β-unsaturated/α-hetero) is 1. The summed E-state index contributed by atoms with van der Waals surface area (Å²) in [6.45, 7) is 3.69. The third-order valence-electron chi connectivity index (χ3n) is 7.74. The number of ketones is 1. The zero-order valence-corrected chi connectivity index (χ0v) is 20.0. The number of nitrogens with one attached hydrogen (secondary N) is 2. The first-order chi connectivity index (χ1) is 17.5. The van der Waals surface area contributed by atoms with Gasteiger partial charge in [-0.3, -0.25) is 19.5 Å². The van der Waals surface area contributed by atoms with Crippen molar-refractivity contribution in [3.05, 3.63) is 58.3 Å². The second kappa shape index (κ2) is 9.05. The van der Waals surface area contributed by atoms with Crippen LogP contribution in [-0.2, 0) is 13.1 Å². The van der Waals surface area contributed by atoms with Crippen LogP contribution in [0.2, 0.25) is 0 Å². The molecule has 0 bridgehead atoms. The van der Waals surface area contributed by atoms with Gasteiger partial charge in [0.25, 0.3) is 11.8 Å². The number of rotatable bonds is 4. The molecule has 0 atom stereocenters. The molecular weight excluding hydrogens is 458 g/mol. The molecule has 2 amide bonds. The number of aromatic nitrogens is 2. The summed E-state index contributed by atoms with van der Waals surface area (Å²) in [4.78, 5) is 42.9. The van der Waals surface area contributed by atoms with Gasteiger partial charge in [0, 0.05) is 62.2 Å². The zero-order valence-electron chi connectivity index (χ0n) is 20.0. The minimum atomic E-state index is -0.318. The number of carbonyl (C=O) groups excluding carboxylic acids is 3. The van der Waals surface area contributed by atoms with Gasteiger partial charge in [-0.1, -0.05) is 18.9 Å². The molecule has 36 heavy (non-hydrogen) atoms. The molecule has 2 fully saturated rings. The molecule has 6 rings (SSSR count). The maximum atomic E-state index is 13.5. The second-order valence-electron chi connectivity index (χ2n) is 10.0. The predicted molar refractivity (Wildman–Crippen MR) is 133 cm³/mol. The topological polar surface area (TPSA) is 119 Å². The van der Waals surface area contributed by atoms with Crippen molar-refractivity contribution in [2.45, 2.75) is 38.8 Å². The number of hydrogen-bond donors (Lipinski definition) is 3. The summed E-state index contributed by atoms with van der Waals surface area (Å²) in [7, 11) is 0. The van der Waals surface area contributed by atoms with E-state index in [4.69, 9.17) is 0 Å². The van der Waals surface area contributed by atoms with Crippen LogP contribution in [0.25, 0.3) is 10.9 Å². The van der Waals surface area contributed by atoms with Gasteiger partial charge in [0.15, 0.2) is 5.78 Å². The van der Waals surface area contributed by atoms with Gasteiger partial charge < -0.3 is 20.2 Å². The highest BCUT2D eigenvalue weighted by Gasteiger charge is 2.30. The van der Waals surface area contributed by atoms with E-state index in [2.05, 4.69) is 15.5 Å². The van der Waals surface area contributed by atoms with E-state index in [1.54, 1.807) is 11.0 Å². The van der Waals surface area contributed by atoms with Crippen molar-refractivity contribution in [1.82, 2.24) is 25.3 Å². The number of carbonyl (C=O) groups is 3. The SMILES string of the molecule is O=C(c1n[nH]c2cc(O)c(C(=O)N3Cc4ccc(C(=O)N5CCNCC5)cc4C3)cc12)C1CCCC1. The van der Waals surface area contributed by atoms with Crippen LogP contribution in [0.3, 0.4) is 0 Å². The Bertz CT molecular complexity index is 1370. The van der Waals surface area contributed by atoms with E-state index in [0.717, 1.165) is 49.9 Å². The highest BCUT2D eigenvalue weighted by atomic mass is 16.3. The van der Waals surface area contributed by atoms with Crippen LogP contribution in [-0.4, -0.2) is 68.9 Å². The first kappa shape index (κ1) is 22.7. The highest BCUT2D eigenvalue weighted by Crippen LogP contribution is 2.33. The van der Waals surface area contributed by atoms with Crippen LogP contribution in [0, 0.1) is 5.92 Å². The molecule has 1 saturated carbocycles. The van der Waals surface area contributed by atoms with Crippen molar-refractivity contribution in [3.8, 4) is 5.75 Å². The van der Waals surface area contributed by atoms with E-state index in [1.807, 2.05) is 23.1 Å². The second-order valence-corrected chi connectivity index (χ2v) is 10.0. The number of aromatic hydroxyl groups is 1. The van der Waals surface area contributed by atoms with Gasteiger partial charge in [-0.15, -0.1) is 0 Å². The van der Waals surface area contributed by atoms with E-state index in [1.165, 1.54) is 6.07 Å². The van der Waals surface area contributed by atoms with E-state index >= 15 is 0 Å². The molecular formula is C27H29N5O4. The summed E-state index contributed by atoms with van der Waals surface area (Å²) in [6.07, 6.45) is 3.81. The van der Waals surface area contributed by atoms with Crippen molar-refractivity contribution in [2.75, 3.05) is 26.2 Å². The lowest BCUT2D eigenvalue weighted by Gasteiger charge is -2.27. The third-order valence-corrected chi connectivity index (χ3v) is 7.74. The number of hydrogen-bond acceptors (Lipinski definition) is 6. The Labute approximate surface area is 208 Å². The normalized spacial score (nSPS) is 18.1. The molecule has 3 aromatic rings. The molecule has 1 aliphatic carbocycles. The number of amides is 2. The Morgan fingerprint density at radius 1 is 0.917 bits per heavy atom. The van der Waals surface area contributed by atoms with Crippen LogP contribution in [0.4, 0.5) is 0 Å². The molecule has 9 nitrogen and oxygen atoms in total. The minimum absolute atomic E-state index is 0.00176. The molecule has 2 aliphatic heterocycles. The lowest BCUT2D eigenvalue weighted by molar-refractivity contribution is 0.0734. The molecule has 1 aromatic heterocycles. The third kappa shape index (κ3) is 3.93. The number of fused-ring (bicyclic) bond motifs is 2. The molecule has 1 saturated heterocycles. The van der Waals surface area contributed by atoms with Gasteiger partial charge in [0.1, 0.15) is 11.4 Å². The Balaban J connectivity index is 1.24. The first-order valence-electron chi connectivity index (χ1n) is 12.7. The summed E-state index contributed by atoms with van der Waals surface area (Å²) in [5, 5.41) is 21.5. The monoisotopic (exact) mass is 487 g/mol. The largest absolute Gasteiger partial charge is 0.507 e. The fourth-order valence-electron chi connectivity index (χ4n) is 5.69. The van der Waals surface area contributed by atoms with Crippen LogP contribution < -0.4 is 5.32 Å². The molecule has 3 aliphatic rings. The van der Waals surface area contributed by atoms with Crippen molar-refractivity contribution in [3.63, 3.8) is 0 Å². The number of benzene rings is 2. The van der Waals surface area contributed by atoms with Gasteiger partial charge in [-0.05, 0) is 42.2 Å². The van der Waals surface area contributed by atoms with E-state index < -0.39 is 0 Å².